The summed E-state index contributed by atoms with van der Waals surface area (Å²) < 4.78 is 1.06. The second kappa shape index (κ2) is 15.0. The molecule has 12 heteroatoms. The van der Waals surface area contributed by atoms with E-state index in [1.54, 1.807) is 0 Å². The average molecular weight is 616 g/mol. The second-order valence-electron chi connectivity index (χ2n) is 10.6. The van der Waals surface area contributed by atoms with Crippen LogP contribution in [0.5, 0.6) is 0 Å². The Bertz CT molecular complexity index is 1640. The summed E-state index contributed by atoms with van der Waals surface area (Å²) in [6, 6.07) is 20.4. The van der Waals surface area contributed by atoms with Gasteiger partial charge in [0.1, 0.15) is 18.1 Å². The van der Waals surface area contributed by atoms with Crippen molar-refractivity contribution in [1.82, 2.24) is 21.3 Å². The van der Waals surface area contributed by atoms with Crippen LogP contribution in [0, 0.1) is 5.41 Å². The topological polar surface area (TPSA) is 192 Å². The minimum Gasteiger partial charge on any atom is -0.370 e. The first-order chi connectivity index (χ1) is 21.1. The lowest BCUT2D eigenvalue weighted by Crippen LogP contribution is -2.57. The fourth-order valence-corrected chi connectivity index (χ4v) is 6.07. The highest BCUT2D eigenvalue weighted by Gasteiger charge is 2.29. The van der Waals surface area contributed by atoms with Gasteiger partial charge in [-0.1, -0.05) is 60.7 Å². The van der Waals surface area contributed by atoms with E-state index in [0.717, 1.165) is 31.3 Å². The summed E-state index contributed by atoms with van der Waals surface area (Å²) in [7, 11) is 0. The molecule has 11 nitrogen and oxygen atoms in total. The fourth-order valence-electron chi connectivity index (χ4n) is 4.96. The maximum Gasteiger partial charge on any atom is 0.243 e. The van der Waals surface area contributed by atoms with E-state index in [1.165, 1.54) is 18.3 Å². The minimum absolute atomic E-state index is 0.166. The molecule has 0 saturated carbocycles. The van der Waals surface area contributed by atoms with Gasteiger partial charge < -0.3 is 32.7 Å². The molecule has 3 aromatic carbocycles. The van der Waals surface area contributed by atoms with Crippen LogP contribution < -0.4 is 32.7 Å². The van der Waals surface area contributed by atoms with E-state index < -0.39 is 35.8 Å². The summed E-state index contributed by atoms with van der Waals surface area (Å²) >= 11 is 1.53. The Morgan fingerprint density at radius 3 is 2.11 bits per heavy atom. The minimum atomic E-state index is -1.05. The largest absolute Gasteiger partial charge is 0.370 e. The van der Waals surface area contributed by atoms with Crippen LogP contribution in [0.3, 0.4) is 0 Å². The summed E-state index contributed by atoms with van der Waals surface area (Å²) in [4.78, 5) is 52.4. The van der Waals surface area contributed by atoms with Gasteiger partial charge in [0.2, 0.25) is 23.6 Å². The van der Waals surface area contributed by atoms with Crippen LogP contribution in [0.25, 0.3) is 20.9 Å². The van der Waals surface area contributed by atoms with Gasteiger partial charge in [0.15, 0.2) is 5.96 Å². The Morgan fingerprint density at radius 2 is 1.43 bits per heavy atom. The zero-order valence-electron chi connectivity index (χ0n) is 24.4. The maximum atomic E-state index is 13.5. The van der Waals surface area contributed by atoms with Gasteiger partial charge in [0.25, 0.3) is 0 Å². The molecule has 4 amide bonds. The zero-order valence-corrected chi connectivity index (χ0v) is 25.2. The van der Waals surface area contributed by atoms with Gasteiger partial charge in [-0.25, -0.2) is 0 Å². The number of hydrogen-bond acceptors (Lipinski definition) is 6. The van der Waals surface area contributed by atoms with Crippen LogP contribution >= 0.6 is 11.3 Å². The molecule has 1 heterocycles. The first-order valence-electron chi connectivity index (χ1n) is 14.3. The Hall–Kier alpha value is -4.97. The number of fused-ring (bicyclic) bond motifs is 2. The summed E-state index contributed by atoms with van der Waals surface area (Å²) in [5.74, 6) is -2.44. The Labute approximate surface area is 259 Å². The van der Waals surface area contributed by atoms with Gasteiger partial charge in [-0.05, 0) is 46.7 Å². The predicted molar refractivity (Wildman–Crippen MR) is 173 cm³/mol. The van der Waals surface area contributed by atoms with E-state index in [2.05, 4.69) is 21.3 Å². The van der Waals surface area contributed by atoms with Crippen molar-refractivity contribution in [1.29, 1.82) is 5.41 Å². The Morgan fingerprint density at radius 1 is 0.773 bits per heavy atom. The molecule has 0 saturated heterocycles. The molecule has 0 spiro atoms. The molecule has 230 valence electrons. The van der Waals surface area contributed by atoms with Crippen LogP contribution in [-0.4, -0.2) is 54.3 Å². The first-order valence-corrected chi connectivity index (χ1v) is 15.1. The van der Waals surface area contributed by atoms with Crippen LogP contribution in [0.4, 0.5) is 0 Å². The third kappa shape index (κ3) is 9.01. The SMILES string of the molecule is CC(=O)N[C@@H](Cc1cc2ccccc2s1)C(=O)N[C@@H](CCCNC(=N)N)C(=O)N[C@@H](Cc1ccc2ccccc2c1)C(N)=O. The van der Waals surface area contributed by atoms with Gasteiger partial charge >= 0.3 is 0 Å². The highest BCUT2D eigenvalue weighted by Crippen LogP contribution is 2.26. The van der Waals surface area contributed by atoms with Crippen molar-refractivity contribution in [3.05, 3.63) is 83.2 Å². The molecule has 44 heavy (non-hydrogen) atoms. The smallest absolute Gasteiger partial charge is 0.243 e. The van der Waals surface area contributed by atoms with Gasteiger partial charge in [0, 0.05) is 35.9 Å². The summed E-state index contributed by atoms with van der Waals surface area (Å²) in [5, 5.41) is 21.3. The molecular formula is C32H37N7O4S. The number of amides is 4. The van der Waals surface area contributed by atoms with Gasteiger partial charge in [-0.3, -0.25) is 24.6 Å². The summed E-state index contributed by atoms with van der Waals surface area (Å²) in [6.07, 6.45) is 0.954. The highest BCUT2D eigenvalue weighted by molar-refractivity contribution is 7.19. The molecular weight excluding hydrogens is 578 g/mol. The van der Waals surface area contributed by atoms with Crippen LogP contribution in [0.15, 0.2) is 72.8 Å². The van der Waals surface area contributed by atoms with E-state index in [0.29, 0.717) is 13.0 Å². The molecule has 0 aliphatic carbocycles. The lowest BCUT2D eigenvalue weighted by molar-refractivity contribution is -0.133. The number of carbonyl (C=O) groups is 4. The van der Waals surface area contributed by atoms with Crippen molar-refractivity contribution >= 4 is 61.8 Å². The van der Waals surface area contributed by atoms with E-state index in [9.17, 15) is 19.2 Å². The molecule has 3 atom stereocenters. The second-order valence-corrected chi connectivity index (χ2v) is 11.8. The predicted octanol–water partition coefficient (Wildman–Crippen LogP) is 2.06. The summed E-state index contributed by atoms with van der Waals surface area (Å²) in [5.41, 5.74) is 11.9. The van der Waals surface area contributed by atoms with E-state index in [1.807, 2.05) is 72.8 Å². The van der Waals surface area contributed by atoms with E-state index >= 15 is 0 Å². The van der Waals surface area contributed by atoms with Gasteiger partial charge in [-0.2, -0.15) is 0 Å². The van der Waals surface area contributed by atoms with Crippen molar-refractivity contribution < 1.29 is 19.2 Å². The number of rotatable bonds is 14. The number of guanidine groups is 1. The first kappa shape index (κ1) is 32.0. The number of hydrogen-bond donors (Lipinski definition) is 7. The van der Waals surface area contributed by atoms with Crippen molar-refractivity contribution in [2.75, 3.05) is 6.54 Å². The van der Waals surface area contributed by atoms with Gasteiger partial charge in [0.05, 0.1) is 0 Å². The molecule has 4 rings (SSSR count). The number of benzene rings is 3. The highest BCUT2D eigenvalue weighted by atomic mass is 32.1. The monoisotopic (exact) mass is 615 g/mol. The fraction of sp³-hybridized carbons (Fsp3) is 0.281. The molecule has 9 N–H and O–H groups in total. The number of carbonyl (C=O) groups excluding carboxylic acids is 4. The van der Waals surface area contributed by atoms with Crippen molar-refractivity contribution in [3.8, 4) is 0 Å². The lowest BCUT2D eigenvalue weighted by atomic mass is 10.0. The molecule has 4 aromatic rings. The lowest BCUT2D eigenvalue weighted by Gasteiger charge is -2.25. The Balaban J connectivity index is 1.49. The van der Waals surface area contributed by atoms with Gasteiger partial charge in [-0.15, -0.1) is 11.3 Å². The molecule has 0 radical (unpaired) electrons. The third-order valence-electron chi connectivity index (χ3n) is 7.11. The average Bonchev–Trinajstić information content (AvgIpc) is 3.40. The molecule has 0 bridgehead atoms. The van der Waals surface area contributed by atoms with E-state index in [4.69, 9.17) is 16.9 Å². The molecule has 0 unspecified atom stereocenters. The van der Waals surface area contributed by atoms with Crippen molar-refractivity contribution in [2.24, 2.45) is 11.5 Å². The van der Waals surface area contributed by atoms with Crippen LogP contribution in [0.2, 0.25) is 0 Å². The number of primary amides is 1. The van der Waals surface area contributed by atoms with Crippen LogP contribution in [0.1, 0.15) is 30.2 Å². The normalized spacial score (nSPS) is 13.0. The zero-order chi connectivity index (χ0) is 31.6. The number of thiophene rings is 1. The molecule has 1 aromatic heterocycles. The molecule has 0 aliphatic heterocycles. The van der Waals surface area contributed by atoms with E-state index in [-0.39, 0.29) is 31.1 Å². The summed E-state index contributed by atoms with van der Waals surface area (Å²) in [6.45, 7) is 1.62. The van der Waals surface area contributed by atoms with Crippen LogP contribution in [-0.2, 0) is 32.0 Å². The quantitative estimate of drug-likeness (QED) is 0.0645. The Kier molecular flexibility index (Phi) is 10.9. The number of nitrogens with two attached hydrogens (primary N) is 2. The maximum absolute atomic E-state index is 13.5. The van der Waals surface area contributed by atoms with Crippen molar-refractivity contribution in [2.45, 2.75) is 50.7 Å². The van der Waals surface area contributed by atoms with Crippen molar-refractivity contribution in [3.63, 3.8) is 0 Å². The third-order valence-corrected chi connectivity index (χ3v) is 8.25. The number of nitrogens with one attached hydrogen (secondary N) is 5. The standard InChI is InChI=1S/C32H37N7O4S/c1-19(40)37-27(18-24-17-23-9-4-5-11-28(23)44-24)31(43)38-25(10-6-14-36-32(34)35)30(42)39-26(29(33)41)16-20-12-13-21-7-2-3-8-22(21)15-20/h2-5,7-9,11-13,15,17,25-27H,6,10,14,16,18H2,1H3,(H2,33,41)(H,37,40)(H,38,43)(H,39,42)(H4,34,35,36)/t25-,26-,27-/m0/s1. The molecule has 0 aliphatic rings. The molecule has 0 fully saturated rings.